The summed E-state index contributed by atoms with van der Waals surface area (Å²) in [4.78, 5) is 11.8. The molecule has 0 aromatic carbocycles. The van der Waals surface area contributed by atoms with Gasteiger partial charge in [0.05, 0.1) is 0 Å². The van der Waals surface area contributed by atoms with E-state index in [1.54, 1.807) is 6.07 Å². The van der Waals surface area contributed by atoms with E-state index in [2.05, 4.69) is 29.6 Å². The van der Waals surface area contributed by atoms with Gasteiger partial charge in [-0.2, -0.15) is 0 Å². The van der Waals surface area contributed by atoms with Gasteiger partial charge in [-0.1, -0.05) is 25.9 Å². The van der Waals surface area contributed by atoms with Crippen molar-refractivity contribution in [3.63, 3.8) is 0 Å². The fourth-order valence-electron chi connectivity index (χ4n) is 1.54. The first kappa shape index (κ1) is 13.7. The van der Waals surface area contributed by atoms with E-state index in [9.17, 15) is 4.79 Å². The Labute approximate surface area is 102 Å². The first-order valence-corrected chi connectivity index (χ1v) is 5.87. The number of hydrogen-bond acceptors (Lipinski definition) is 4. The van der Waals surface area contributed by atoms with E-state index in [1.807, 2.05) is 14.0 Å². The molecule has 1 aromatic rings. The van der Waals surface area contributed by atoms with Crippen LogP contribution >= 0.6 is 0 Å². The maximum atomic E-state index is 11.8. The maximum absolute atomic E-state index is 11.8. The third-order valence-electron chi connectivity index (χ3n) is 2.52. The molecule has 0 saturated carbocycles. The number of rotatable bonds is 6. The van der Waals surface area contributed by atoms with E-state index < -0.39 is 0 Å². The second-order valence-corrected chi connectivity index (χ2v) is 4.91. The lowest BCUT2D eigenvalue weighted by Gasteiger charge is -2.24. The summed E-state index contributed by atoms with van der Waals surface area (Å²) >= 11 is 0. The molecule has 96 valence electrons. The zero-order chi connectivity index (χ0) is 12.9. The molecular weight excluding hydrogens is 218 g/mol. The molecule has 5 heteroatoms. The van der Waals surface area contributed by atoms with Crippen molar-refractivity contribution in [2.45, 2.75) is 27.2 Å². The topological polar surface area (TPSA) is 67.2 Å². The smallest absolute Gasteiger partial charge is 0.273 e. The number of aromatic nitrogens is 1. The average molecular weight is 239 g/mol. The van der Waals surface area contributed by atoms with Crippen LogP contribution in [0.2, 0.25) is 0 Å². The zero-order valence-electron chi connectivity index (χ0n) is 11.0. The van der Waals surface area contributed by atoms with Crippen molar-refractivity contribution in [3.05, 3.63) is 17.5 Å². The predicted octanol–water partition coefficient (Wildman–Crippen LogP) is 1.21. The van der Waals surface area contributed by atoms with Crippen LogP contribution in [-0.4, -0.2) is 31.2 Å². The molecule has 0 aliphatic carbocycles. The number of nitrogens with one attached hydrogen (secondary N) is 2. The van der Waals surface area contributed by atoms with Crippen molar-refractivity contribution < 1.29 is 9.32 Å². The second-order valence-electron chi connectivity index (χ2n) is 4.91. The lowest BCUT2D eigenvalue weighted by molar-refractivity contribution is 0.0927. The molecule has 0 spiro atoms. The minimum atomic E-state index is -0.183. The molecule has 0 fully saturated rings. The van der Waals surface area contributed by atoms with Gasteiger partial charge < -0.3 is 15.2 Å². The number of carbonyl (C=O) groups is 1. The van der Waals surface area contributed by atoms with Gasteiger partial charge in [0.2, 0.25) is 0 Å². The lowest BCUT2D eigenvalue weighted by Crippen LogP contribution is -2.39. The van der Waals surface area contributed by atoms with Crippen LogP contribution in [0.5, 0.6) is 0 Å². The standard InChI is InChI=1S/C12H21N3O2/c1-5-9-6-10(15-17-9)11(16)14-8-12(2,3)7-13-4/h6,13H,5,7-8H2,1-4H3,(H,14,16). The Morgan fingerprint density at radius 2 is 2.18 bits per heavy atom. The number of aryl methyl sites for hydroxylation is 1. The highest BCUT2D eigenvalue weighted by atomic mass is 16.5. The lowest BCUT2D eigenvalue weighted by atomic mass is 9.93. The highest BCUT2D eigenvalue weighted by Gasteiger charge is 2.19. The Morgan fingerprint density at radius 3 is 2.71 bits per heavy atom. The fourth-order valence-corrected chi connectivity index (χ4v) is 1.54. The molecule has 17 heavy (non-hydrogen) atoms. The van der Waals surface area contributed by atoms with Crippen LogP contribution in [-0.2, 0) is 6.42 Å². The van der Waals surface area contributed by atoms with Crippen molar-refractivity contribution >= 4 is 5.91 Å². The third-order valence-corrected chi connectivity index (χ3v) is 2.52. The highest BCUT2D eigenvalue weighted by molar-refractivity contribution is 5.92. The zero-order valence-corrected chi connectivity index (χ0v) is 11.0. The molecule has 0 saturated heterocycles. The summed E-state index contributed by atoms with van der Waals surface area (Å²) < 4.78 is 4.99. The molecule has 0 bridgehead atoms. The summed E-state index contributed by atoms with van der Waals surface area (Å²) in [7, 11) is 1.90. The quantitative estimate of drug-likeness (QED) is 0.783. The van der Waals surface area contributed by atoms with Gasteiger partial charge in [-0.25, -0.2) is 0 Å². The fraction of sp³-hybridized carbons (Fsp3) is 0.667. The van der Waals surface area contributed by atoms with Gasteiger partial charge in [0, 0.05) is 25.6 Å². The summed E-state index contributed by atoms with van der Waals surface area (Å²) in [6.45, 7) is 7.57. The van der Waals surface area contributed by atoms with Crippen molar-refractivity contribution in [2.75, 3.05) is 20.1 Å². The summed E-state index contributed by atoms with van der Waals surface area (Å²) in [5.41, 5.74) is 0.365. The van der Waals surface area contributed by atoms with Crippen LogP contribution in [0.15, 0.2) is 10.6 Å². The van der Waals surface area contributed by atoms with Crippen LogP contribution in [0, 0.1) is 5.41 Å². The normalized spacial score (nSPS) is 11.5. The monoisotopic (exact) mass is 239 g/mol. The summed E-state index contributed by atoms with van der Waals surface area (Å²) in [6, 6.07) is 1.68. The first-order valence-electron chi connectivity index (χ1n) is 5.87. The van der Waals surface area contributed by atoms with Crippen LogP contribution in [0.4, 0.5) is 0 Å². The number of carbonyl (C=O) groups excluding carboxylic acids is 1. The Hall–Kier alpha value is -1.36. The Bertz CT molecular complexity index is 372. The van der Waals surface area contributed by atoms with E-state index in [0.717, 1.165) is 18.7 Å². The average Bonchev–Trinajstić information content (AvgIpc) is 2.74. The van der Waals surface area contributed by atoms with E-state index in [4.69, 9.17) is 4.52 Å². The van der Waals surface area contributed by atoms with E-state index >= 15 is 0 Å². The molecule has 0 aliphatic rings. The predicted molar refractivity (Wildman–Crippen MR) is 65.9 cm³/mol. The van der Waals surface area contributed by atoms with Crippen LogP contribution < -0.4 is 10.6 Å². The maximum Gasteiger partial charge on any atom is 0.273 e. The van der Waals surface area contributed by atoms with Crippen LogP contribution in [0.25, 0.3) is 0 Å². The van der Waals surface area contributed by atoms with Gasteiger partial charge >= 0.3 is 0 Å². The van der Waals surface area contributed by atoms with Crippen LogP contribution in [0.1, 0.15) is 37.0 Å². The molecule has 1 amide bonds. The number of amides is 1. The molecule has 1 rings (SSSR count). The number of hydrogen-bond donors (Lipinski definition) is 2. The molecule has 1 aromatic heterocycles. The highest BCUT2D eigenvalue weighted by Crippen LogP contribution is 2.12. The Balaban J connectivity index is 2.49. The van der Waals surface area contributed by atoms with Crippen LogP contribution in [0.3, 0.4) is 0 Å². The van der Waals surface area contributed by atoms with Gasteiger partial charge in [-0.3, -0.25) is 4.79 Å². The van der Waals surface area contributed by atoms with Gasteiger partial charge in [0.25, 0.3) is 5.91 Å². The van der Waals surface area contributed by atoms with E-state index in [0.29, 0.717) is 12.2 Å². The SMILES string of the molecule is CCc1cc(C(=O)NCC(C)(C)CNC)no1. The molecule has 0 radical (unpaired) electrons. The van der Waals surface area contributed by atoms with Gasteiger partial charge in [0.1, 0.15) is 5.76 Å². The summed E-state index contributed by atoms with van der Waals surface area (Å²) in [5.74, 6) is 0.544. The van der Waals surface area contributed by atoms with Gasteiger partial charge in [0.15, 0.2) is 5.69 Å². The van der Waals surface area contributed by atoms with E-state index in [1.165, 1.54) is 0 Å². The number of nitrogens with zero attached hydrogens (tertiary/aromatic N) is 1. The van der Waals surface area contributed by atoms with Crippen molar-refractivity contribution in [1.82, 2.24) is 15.8 Å². The van der Waals surface area contributed by atoms with Crippen molar-refractivity contribution in [3.8, 4) is 0 Å². The molecule has 0 unspecified atom stereocenters. The summed E-state index contributed by atoms with van der Waals surface area (Å²) in [6.07, 6.45) is 0.742. The van der Waals surface area contributed by atoms with Gasteiger partial charge in [-0.15, -0.1) is 0 Å². The minimum absolute atomic E-state index is 0.0156. The Kier molecular flexibility index (Phi) is 4.69. The molecule has 0 aliphatic heterocycles. The largest absolute Gasteiger partial charge is 0.361 e. The third kappa shape index (κ3) is 4.19. The first-order chi connectivity index (χ1) is 7.98. The van der Waals surface area contributed by atoms with Crippen molar-refractivity contribution in [2.24, 2.45) is 5.41 Å². The molecule has 1 heterocycles. The molecule has 2 N–H and O–H groups in total. The van der Waals surface area contributed by atoms with Crippen molar-refractivity contribution in [1.29, 1.82) is 0 Å². The minimum Gasteiger partial charge on any atom is -0.361 e. The van der Waals surface area contributed by atoms with Gasteiger partial charge in [-0.05, 0) is 12.5 Å². The molecular formula is C12H21N3O2. The Morgan fingerprint density at radius 1 is 1.47 bits per heavy atom. The van der Waals surface area contributed by atoms with E-state index in [-0.39, 0.29) is 11.3 Å². The molecule has 5 nitrogen and oxygen atoms in total. The molecule has 0 atom stereocenters. The second kappa shape index (κ2) is 5.82. The summed E-state index contributed by atoms with van der Waals surface area (Å²) in [5, 5.41) is 9.69.